The van der Waals surface area contributed by atoms with Crippen LogP contribution in [0.3, 0.4) is 0 Å². The number of ether oxygens (including phenoxy) is 2. The SMILES string of the molecule is CC(=O)OCC(=O)[C@@]1(O)[C@H](C)C[C@H]2C3CCC4=CC(=O)C=C[C@]4(C)[C@]34O[C@@H]4C[C@@]21C. The van der Waals surface area contributed by atoms with Crippen LogP contribution in [0.4, 0.5) is 0 Å². The highest BCUT2D eigenvalue weighted by atomic mass is 16.6. The number of ketones is 2. The van der Waals surface area contributed by atoms with E-state index in [4.69, 9.17) is 9.47 Å². The lowest BCUT2D eigenvalue weighted by molar-refractivity contribution is -0.170. The number of hydrogen-bond acceptors (Lipinski definition) is 6. The third kappa shape index (κ3) is 2.14. The molecule has 5 rings (SSSR count). The van der Waals surface area contributed by atoms with E-state index in [1.54, 1.807) is 12.2 Å². The second kappa shape index (κ2) is 5.92. The summed E-state index contributed by atoms with van der Waals surface area (Å²) >= 11 is 0. The number of carbonyl (C=O) groups excluding carboxylic acids is 3. The minimum absolute atomic E-state index is 0.0371. The van der Waals surface area contributed by atoms with E-state index < -0.39 is 29.4 Å². The molecule has 8 atom stereocenters. The molecule has 1 N–H and O–H groups in total. The number of aliphatic hydroxyl groups is 1. The van der Waals surface area contributed by atoms with Crippen molar-refractivity contribution in [2.75, 3.05) is 6.61 Å². The Morgan fingerprint density at radius 2 is 2.03 bits per heavy atom. The van der Waals surface area contributed by atoms with Crippen molar-refractivity contribution in [3.05, 3.63) is 23.8 Å². The van der Waals surface area contributed by atoms with Gasteiger partial charge < -0.3 is 14.6 Å². The van der Waals surface area contributed by atoms with Crippen molar-refractivity contribution in [2.45, 2.75) is 70.7 Å². The van der Waals surface area contributed by atoms with Crippen LogP contribution in [0.25, 0.3) is 0 Å². The minimum atomic E-state index is -1.54. The summed E-state index contributed by atoms with van der Waals surface area (Å²) in [7, 11) is 0. The molecule has 0 aromatic heterocycles. The fourth-order valence-electron chi connectivity index (χ4n) is 7.85. The number of hydrogen-bond donors (Lipinski definition) is 1. The number of esters is 1. The molecule has 1 unspecified atom stereocenters. The Morgan fingerprint density at radius 1 is 1.30 bits per heavy atom. The number of fused-ring (bicyclic) bond motifs is 3. The first-order chi connectivity index (χ1) is 14.0. The molecule has 4 fully saturated rings. The molecule has 1 aliphatic heterocycles. The number of Topliss-reactive ketones (excluding diaryl/α,β-unsaturated/α-hetero) is 1. The van der Waals surface area contributed by atoms with Gasteiger partial charge in [0.1, 0.15) is 11.2 Å². The molecular formula is C24H30O6. The molecular weight excluding hydrogens is 384 g/mol. The van der Waals surface area contributed by atoms with E-state index in [0.717, 1.165) is 24.8 Å². The van der Waals surface area contributed by atoms with Gasteiger partial charge in [0.2, 0.25) is 5.78 Å². The van der Waals surface area contributed by atoms with Gasteiger partial charge >= 0.3 is 5.97 Å². The van der Waals surface area contributed by atoms with Crippen molar-refractivity contribution >= 4 is 17.5 Å². The first-order valence-electron chi connectivity index (χ1n) is 11.0. The molecule has 5 aliphatic rings. The monoisotopic (exact) mass is 414 g/mol. The Kier molecular flexibility index (Phi) is 3.97. The molecule has 0 bridgehead atoms. The summed E-state index contributed by atoms with van der Waals surface area (Å²) in [5, 5.41) is 11.8. The van der Waals surface area contributed by atoms with Crippen LogP contribution >= 0.6 is 0 Å². The molecule has 6 nitrogen and oxygen atoms in total. The topological polar surface area (TPSA) is 93.2 Å². The van der Waals surface area contributed by atoms with Gasteiger partial charge in [-0.2, -0.15) is 0 Å². The summed E-state index contributed by atoms with van der Waals surface area (Å²) in [6.07, 6.45) is 8.43. The third-order valence-corrected chi connectivity index (χ3v) is 9.35. The van der Waals surface area contributed by atoms with Crippen molar-refractivity contribution < 1.29 is 29.0 Å². The smallest absolute Gasteiger partial charge is 0.303 e. The number of carbonyl (C=O) groups is 3. The van der Waals surface area contributed by atoms with Gasteiger partial charge in [-0.15, -0.1) is 0 Å². The average molecular weight is 414 g/mol. The molecule has 4 aliphatic carbocycles. The predicted octanol–water partition coefficient (Wildman–Crippen LogP) is 2.53. The zero-order valence-corrected chi connectivity index (χ0v) is 18.1. The molecule has 0 aromatic rings. The second-order valence-electron chi connectivity index (χ2n) is 10.5. The quantitative estimate of drug-likeness (QED) is 0.564. The highest BCUT2D eigenvalue weighted by Gasteiger charge is 2.81. The molecule has 1 spiro atoms. The molecule has 0 aromatic carbocycles. The standard InChI is InChI=1S/C24H30O6/c1-13-9-18-17-6-5-15-10-16(26)7-8-21(15,3)24(17)20(30-24)11-22(18,4)23(13,28)19(27)12-29-14(2)25/h7-8,10,13,17-18,20,28H,5-6,9,11-12H2,1-4H3/t13-,17?,18+,20-,21+,22+,23+,24+/m1/s1. The van der Waals surface area contributed by atoms with Crippen LogP contribution in [0, 0.1) is 28.6 Å². The van der Waals surface area contributed by atoms with E-state index in [1.807, 2.05) is 19.9 Å². The molecule has 1 saturated heterocycles. The van der Waals surface area contributed by atoms with Crippen molar-refractivity contribution in [3.63, 3.8) is 0 Å². The lowest BCUT2D eigenvalue weighted by Crippen LogP contribution is -2.62. The Bertz CT molecular complexity index is 919. The fourth-order valence-corrected chi connectivity index (χ4v) is 7.85. The molecule has 162 valence electrons. The average Bonchev–Trinajstić information content (AvgIpc) is 3.36. The summed E-state index contributed by atoms with van der Waals surface area (Å²) in [6.45, 7) is 7.00. The zero-order valence-electron chi connectivity index (χ0n) is 18.1. The van der Waals surface area contributed by atoms with Crippen molar-refractivity contribution in [1.82, 2.24) is 0 Å². The number of rotatable bonds is 3. The second-order valence-corrected chi connectivity index (χ2v) is 10.5. The van der Waals surface area contributed by atoms with Crippen molar-refractivity contribution in [3.8, 4) is 0 Å². The van der Waals surface area contributed by atoms with E-state index in [-0.39, 0.29) is 40.7 Å². The van der Waals surface area contributed by atoms with Crippen LogP contribution in [0.15, 0.2) is 23.8 Å². The molecule has 0 amide bonds. The van der Waals surface area contributed by atoms with Gasteiger partial charge in [-0.3, -0.25) is 14.4 Å². The van der Waals surface area contributed by atoms with Gasteiger partial charge in [0.05, 0.1) is 6.10 Å². The maximum absolute atomic E-state index is 13.1. The van der Waals surface area contributed by atoms with Crippen LogP contribution in [0.1, 0.15) is 53.4 Å². The summed E-state index contributed by atoms with van der Waals surface area (Å²) in [5.74, 6) is -0.783. The Labute approximate surface area is 176 Å². The third-order valence-electron chi connectivity index (χ3n) is 9.35. The highest BCUT2D eigenvalue weighted by Crippen LogP contribution is 2.76. The van der Waals surface area contributed by atoms with E-state index in [9.17, 15) is 19.5 Å². The Hall–Kier alpha value is -1.79. The van der Waals surface area contributed by atoms with Crippen LogP contribution < -0.4 is 0 Å². The van der Waals surface area contributed by atoms with Crippen LogP contribution in [0.2, 0.25) is 0 Å². The summed E-state index contributed by atoms with van der Waals surface area (Å²) in [5.41, 5.74) is -1.71. The first-order valence-corrected chi connectivity index (χ1v) is 11.0. The molecule has 6 heteroatoms. The largest absolute Gasteiger partial charge is 0.458 e. The van der Waals surface area contributed by atoms with E-state index in [1.165, 1.54) is 6.92 Å². The molecule has 1 heterocycles. The number of epoxide rings is 1. The molecule has 0 radical (unpaired) electrons. The minimum Gasteiger partial charge on any atom is -0.458 e. The van der Waals surface area contributed by atoms with Gasteiger partial charge in [-0.25, -0.2) is 0 Å². The maximum atomic E-state index is 13.1. The fraction of sp³-hybridized carbons (Fsp3) is 0.708. The highest BCUT2D eigenvalue weighted by molar-refractivity contribution is 6.01. The molecule has 30 heavy (non-hydrogen) atoms. The van der Waals surface area contributed by atoms with Crippen molar-refractivity contribution in [2.24, 2.45) is 28.6 Å². The van der Waals surface area contributed by atoms with Gasteiger partial charge in [0.15, 0.2) is 12.4 Å². The lowest BCUT2D eigenvalue weighted by atomic mass is 9.46. The van der Waals surface area contributed by atoms with E-state index in [2.05, 4.69) is 6.92 Å². The Morgan fingerprint density at radius 3 is 2.73 bits per heavy atom. The van der Waals surface area contributed by atoms with Crippen LogP contribution in [-0.2, 0) is 23.9 Å². The van der Waals surface area contributed by atoms with Crippen LogP contribution in [0.5, 0.6) is 0 Å². The lowest BCUT2D eigenvalue weighted by Gasteiger charge is -2.55. The zero-order chi connectivity index (χ0) is 21.7. The first kappa shape index (κ1) is 20.1. The van der Waals surface area contributed by atoms with Crippen LogP contribution in [-0.4, -0.2) is 46.6 Å². The van der Waals surface area contributed by atoms with Gasteiger partial charge in [-0.05, 0) is 62.5 Å². The normalized spacial score (nSPS) is 50.6. The Balaban J connectivity index is 1.52. The van der Waals surface area contributed by atoms with Gasteiger partial charge in [0, 0.05) is 17.8 Å². The summed E-state index contributed by atoms with van der Waals surface area (Å²) < 4.78 is 11.4. The molecule has 3 saturated carbocycles. The van der Waals surface area contributed by atoms with Crippen molar-refractivity contribution in [1.29, 1.82) is 0 Å². The number of allylic oxidation sites excluding steroid dienone is 2. The van der Waals surface area contributed by atoms with E-state index in [0.29, 0.717) is 6.42 Å². The maximum Gasteiger partial charge on any atom is 0.303 e. The summed E-state index contributed by atoms with van der Waals surface area (Å²) in [6, 6.07) is 0. The summed E-state index contributed by atoms with van der Waals surface area (Å²) in [4.78, 5) is 36.3. The van der Waals surface area contributed by atoms with E-state index >= 15 is 0 Å². The van der Waals surface area contributed by atoms with Gasteiger partial charge in [0.25, 0.3) is 0 Å². The predicted molar refractivity (Wildman–Crippen MR) is 107 cm³/mol. The van der Waals surface area contributed by atoms with Gasteiger partial charge in [-0.1, -0.05) is 25.5 Å².